The molecular formula is C21H17NO. The monoisotopic (exact) mass is 299 g/mol. The fourth-order valence-corrected chi connectivity index (χ4v) is 3.40. The Morgan fingerprint density at radius 1 is 0.739 bits per heavy atom. The number of fused-ring (bicyclic) bond motifs is 3. The Labute approximate surface area is 136 Å². The minimum atomic E-state index is -0.273. The second-order valence-electron chi connectivity index (χ2n) is 5.85. The van der Waals surface area contributed by atoms with Gasteiger partial charge in [-0.25, -0.2) is 0 Å². The van der Waals surface area contributed by atoms with Crippen LogP contribution < -0.4 is 4.90 Å². The number of carbonyl (C=O) groups excluding carboxylic acids is 1. The van der Waals surface area contributed by atoms with E-state index in [-0.39, 0.29) is 11.8 Å². The first-order chi connectivity index (χ1) is 11.3. The lowest BCUT2D eigenvalue weighted by atomic mass is 9.86. The number of benzene rings is 3. The fraction of sp³-hybridized carbons (Fsp3) is 0.0952. The maximum absolute atomic E-state index is 13.2. The molecule has 4 rings (SSSR count). The zero-order valence-electron chi connectivity index (χ0n) is 12.9. The summed E-state index contributed by atoms with van der Waals surface area (Å²) in [6, 6.07) is 26.3. The van der Waals surface area contributed by atoms with Crippen LogP contribution in [-0.4, -0.2) is 13.0 Å². The summed E-state index contributed by atoms with van der Waals surface area (Å²) < 4.78 is 0. The minimum absolute atomic E-state index is 0.105. The Hall–Kier alpha value is -2.87. The molecule has 0 aromatic heterocycles. The smallest absolute Gasteiger partial charge is 0.238 e. The molecule has 1 heterocycles. The molecule has 1 unspecified atom stereocenters. The highest BCUT2D eigenvalue weighted by molar-refractivity contribution is 6.06. The predicted octanol–water partition coefficient (Wildman–Crippen LogP) is 4.46. The Balaban J connectivity index is 2.02. The van der Waals surface area contributed by atoms with Crippen molar-refractivity contribution < 1.29 is 4.79 Å². The molecule has 1 atom stereocenters. The number of hydrogen-bond acceptors (Lipinski definition) is 1. The van der Waals surface area contributed by atoms with Crippen molar-refractivity contribution >= 4 is 11.6 Å². The van der Waals surface area contributed by atoms with E-state index < -0.39 is 0 Å². The fourth-order valence-electron chi connectivity index (χ4n) is 3.40. The van der Waals surface area contributed by atoms with Crippen LogP contribution in [0.5, 0.6) is 0 Å². The Morgan fingerprint density at radius 3 is 2.13 bits per heavy atom. The topological polar surface area (TPSA) is 20.3 Å². The van der Waals surface area contributed by atoms with Crippen LogP contribution in [0.2, 0.25) is 0 Å². The first-order valence-electron chi connectivity index (χ1n) is 7.78. The van der Waals surface area contributed by atoms with Crippen LogP contribution in [0, 0.1) is 0 Å². The van der Waals surface area contributed by atoms with Crippen LogP contribution in [0.25, 0.3) is 11.1 Å². The Morgan fingerprint density at radius 2 is 1.35 bits per heavy atom. The molecule has 0 fully saturated rings. The lowest BCUT2D eigenvalue weighted by molar-refractivity contribution is -0.118. The molecule has 3 aromatic rings. The molecule has 0 radical (unpaired) electrons. The quantitative estimate of drug-likeness (QED) is 0.649. The molecule has 1 amide bonds. The number of nitrogens with zero attached hydrogens (tertiary/aromatic N) is 1. The summed E-state index contributed by atoms with van der Waals surface area (Å²) in [4.78, 5) is 15.0. The van der Waals surface area contributed by atoms with E-state index in [1.807, 2.05) is 67.7 Å². The van der Waals surface area contributed by atoms with E-state index in [9.17, 15) is 4.79 Å². The van der Waals surface area contributed by atoms with Crippen molar-refractivity contribution in [3.05, 3.63) is 90.0 Å². The number of para-hydroxylation sites is 1. The van der Waals surface area contributed by atoms with Gasteiger partial charge in [-0.15, -0.1) is 0 Å². The van der Waals surface area contributed by atoms with Gasteiger partial charge in [0, 0.05) is 12.6 Å². The van der Waals surface area contributed by atoms with Crippen LogP contribution in [0.1, 0.15) is 17.0 Å². The van der Waals surface area contributed by atoms with Gasteiger partial charge in [-0.2, -0.15) is 0 Å². The van der Waals surface area contributed by atoms with Crippen molar-refractivity contribution in [1.82, 2.24) is 0 Å². The molecule has 0 saturated carbocycles. The third-order valence-corrected chi connectivity index (χ3v) is 4.54. The average molecular weight is 299 g/mol. The average Bonchev–Trinajstić information content (AvgIpc) is 2.71. The first-order valence-corrected chi connectivity index (χ1v) is 7.78. The van der Waals surface area contributed by atoms with Crippen LogP contribution in [0.4, 0.5) is 5.69 Å². The second-order valence-corrected chi connectivity index (χ2v) is 5.85. The maximum atomic E-state index is 13.2. The molecule has 2 heteroatoms. The van der Waals surface area contributed by atoms with Gasteiger partial charge in [-0.05, 0) is 22.8 Å². The normalized spacial score (nSPS) is 16.5. The van der Waals surface area contributed by atoms with Gasteiger partial charge in [0.2, 0.25) is 5.91 Å². The first kappa shape index (κ1) is 13.8. The number of rotatable bonds is 1. The largest absolute Gasteiger partial charge is 0.314 e. The van der Waals surface area contributed by atoms with Crippen molar-refractivity contribution in [2.24, 2.45) is 0 Å². The molecule has 0 N–H and O–H groups in total. The summed E-state index contributed by atoms with van der Waals surface area (Å²) >= 11 is 0. The number of anilines is 1. The molecule has 112 valence electrons. The van der Waals surface area contributed by atoms with Gasteiger partial charge in [-0.3, -0.25) is 4.79 Å². The number of carbonyl (C=O) groups is 1. The van der Waals surface area contributed by atoms with Crippen molar-refractivity contribution in [1.29, 1.82) is 0 Å². The summed E-state index contributed by atoms with van der Waals surface area (Å²) in [6.45, 7) is 0. The highest BCUT2D eigenvalue weighted by Gasteiger charge is 2.32. The molecule has 0 saturated heterocycles. The van der Waals surface area contributed by atoms with Crippen molar-refractivity contribution in [3.63, 3.8) is 0 Å². The van der Waals surface area contributed by atoms with Crippen LogP contribution >= 0.6 is 0 Å². The van der Waals surface area contributed by atoms with Crippen LogP contribution in [-0.2, 0) is 4.79 Å². The molecular weight excluding hydrogens is 282 g/mol. The highest BCUT2D eigenvalue weighted by Crippen LogP contribution is 2.42. The highest BCUT2D eigenvalue weighted by atomic mass is 16.2. The third kappa shape index (κ3) is 2.15. The summed E-state index contributed by atoms with van der Waals surface area (Å²) in [7, 11) is 1.86. The van der Waals surface area contributed by atoms with E-state index >= 15 is 0 Å². The summed E-state index contributed by atoms with van der Waals surface area (Å²) in [5.41, 5.74) is 5.31. The van der Waals surface area contributed by atoms with Gasteiger partial charge in [0.25, 0.3) is 0 Å². The molecule has 1 aliphatic heterocycles. The number of hydrogen-bond donors (Lipinski definition) is 0. The van der Waals surface area contributed by atoms with Crippen LogP contribution in [0.15, 0.2) is 78.9 Å². The Kier molecular flexibility index (Phi) is 3.23. The SMILES string of the molecule is CN1C(=O)C(c2ccccc2)c2ccccc2-c2ccccc21. The van der Waals surface area contributed by atoms with E-state index in [2.05, 4.69) is 18.2 Å². The second kappa shape index (κ2) is 5.40. The van der Waals surface area contributed by atoms with Gasteiger partial charge in [-0.1, -0.05) is 72.8 Å². The van der Waals surface area contributed by atoms with Gasteiger partial charge in [0.1, 0.15) is 0 Å². The van der Waals surface area contributed by atoms with Crippen molar-refractivity contribution in [2.75, 3.05) is 11.9 Å². The van der Waals surface area contributed by atoms with Gasteiger partial charge >= 0.3 is 0 Å². The molecule has 3 aromatic carbocycles. The zero-order chi connectivity index (χ0) is 15.8. The molecule has 0 aliphatic carbocycles. The molecule has 2 nitrogen and oxygen atoms in total. The summed E-state index contributed by atoms with van der Waals surface area (Å²) in [6.07, 6.45) is 0. The molecule has 1 aliphatic rings. The molecule has 0 spiro atoms. The maximum Gasteiger partial charge on any atom is 0.238 e. The van der Waals surface area contributed by atoms with E-state index in [0.29, 0.717) is 0 Å². The van der Waals surface area contributed by atoms with Gasteiger partial charge in [0.05, 0.1) is 11.6 Å². The number of amides is 1. The van der Waals surface area contributed by atoms with Crippen molar-refractivity contribution in [2.45, 2.75) is 5.92 Å². The lowest BCUT2D eigenvalue weighted by Crippen LogP contribution is -2.31. The van der Waals surface area contributed by atoms with E-state index in [4.69, 9.17) is 0 Å². The standard InChI is InChI=1S/C21H17NO/c1-22-19-14-8-7-12-17(19)16-11-5-6-13-18(16)20(21(22)23)15-9-3-2-4-10-15/h2-14,20H,1H3. The van der Waals surface area contributed by atoms with Gasteiger partial charge in [0.15, 0.2) is 0 Å². The third-order valence-electron chi connectivity index (χ3n) is 4.54. The van der Waals surface area contributed by atoms with Crippen LogP contribution in [0.3, 0.4) is 0 Å². The summed E-state index contributed by atoms with van der Waals surface area (Å²) in [5.74, 6) is -0.168. The van der Waals surface area contributed by atoms with E-state index in [1.165, 1.54) is 0 Å². The molecule has 0 bridgehead atoms. The number of likely N-dealkylation sites (N-methyl/N-ethyl adjacent to an activating group) is 1. The lowest BCUT2D eigenvalue weighted by Gasteiger charge is -2.22. The summed E-state index contributed by atoms with van der Waals surface area (Å²) in [5, 5.41) is 0. The predicted molar refractivity (Wildman–Crippen MR) is 93.6 cm³/mol. The van der Waals surface area contributed by atoms with Crippen molar-refractivity contribution in [3.8, 4) is 11.1 Å². The van der Waals surface area contributed by atoms with E-state index in [0.717, 1.165) is 27.9 Å². The van der Waals surface area contributed by atoms with Gasteiger partial charge < -0.3 is 4.90 Å². The van der Waals surface area contributed by atoms with E-state index in [1.54, 1.807) is 4.90 Å². The molecule has 23 heavy (non-hydrogen) atoms. The Bertz CT molecular complexity index is 870. The zero-order valence-corrected chi connectivity index (χ0v) is 12.9. The minimum Gasteiger partial charge on any atom is -0.314 e.